The summed E-state index contributed by atoms with van der Waals surface area (Å²) in [6.07, 6.45) is 57.9. The second-order valence-corrected chi connectivity index (χ2v) is 18.0. The Hall–Kier alpha value is -3.23. The van der Waals surface area contributed by atoms with Gasteiger partial charge in [-0.1, -0.05) is 177 Å². The first-order valence-corrected chi connectivity index (χ1v) is 25.5. The van der Waals surface area contributed by atoms with E-state index in [1.807, 2.05) is 0 Å². The van der Waals surface area contributed by atoms with E-state index in [9.17, 15) is 19.5 Å². The molecule has 0 rings (SSSR count). The highest BCUT2D eigenvalue weighted by atomic mass is 16.6. The van der Waals surface area contributed by atoms with Crippen LogP contribution in [-0.2, 0) is 28.6 Å². The molecule has 0 aromatic heterocycles. The number of carbonyl (C=O) groups excluding carboxylic acids is 3. The summed E-state index contributed by atoms with van der Waals surface area (Å²) < 4.78 is 17.2. The number of carboxylic acid groups (broad SMARTS) is 1. The van der Waals surface area contributed by atoms with Crippen LogP contribution in [0.15, 0.2) is 72.9 Å². The third-order valence-electron chi connectivity index (χ3n) is 11.1. The van der Waals surface area contributed by atoms with Crippen LogP contribution in [0, 0.1) is 0 Å². The quantitative estimate of drug-likeness (QED) is 0.0260. The summed E-state index contributed by atoms with van der Waals surface area (Å²) in [5, 5.41) is 11.7. The minimum absolute atomic E-state index is 0.0254. The number of carboxylic acids is 1. The van der Waals surface area contributed by atoms with Crippen molar-refractivity contribution >= 4 is 17.9 Å². The maximum absolute atomic E-state index is 12.8. The molecule has 63 heavy (non-hydrogen) atoms. The number of hydrogen-bond donors (Lipinski definition) is 0. The van der Waals surface area contributed by atoms with Gasteiger partial charge < -0.3 is 28.6 Å². The Balaban J connectivity index is 4.33. The summed E-state index contributed by atoms with van der Waals surface area (Å²) in [4.78, 5) is 37.0. The zero-order valence-corrected chi connectivity index (χ0v) is 41.2. The number of nitrogens with zero attached hydrogens (tertiary/aromatic N) is 1. The lowest BCUT2D eigenvalue weighted by atomic mass is 10.1. The van der Waals surface area contributed by atoms with Gasteiger partial charge >= 0.3 is 11.9 Å². The number of hydrogen-bond acceptors (Lipinski definition) is 7. The molecule has 0 aliphatic heterocycles. The van der Waals surface area contributed by atoms with E-state index in [0.717, 1.165) is 77.0 Å². The summed E-state index contributed by atoms with van der Waals surface area (Å²) in [6.45, 7) is 4.52. The van der Waals surface area contributed by atoms with Gasteiger partial charge in [-0.3, -0.25) is 9.59 Å². The van der Waals surface area contributed by atoms with E-state index in [2.05, 4.69) is 86.8 Å². The number of unbranched alkanes of at least 4 members (excludes halogenated alkanes) is 19. The summed E-state index contributed by atoms with van der Waals surface area (Å²) >= 11 is 0. The number of aliphatic carboxylic acids is 1. The van der Waals surface area contributed by atoms with Crippen molar-refractivity contribution in [2.75, 3.05) is 41.0 Å². The van der Waals surface area contributed by atoms with Crippen LogP contribution in [0.3, 0.4) is 0 Å². The van der Waals surface area contributed by atoms with Gasteiger partial charge in [0.25, 0.3) is 0 Å². The third kappa shape index (κ3) is 43.8. The molecule has 8 nitrogen and oxygen atoms in total. The number of ether oxygens (including phenoxy) is 3. The highest BCUT2D eigenvalue weighted by molar-refractivity contribution is 5.70. The van der Waals surface area contributed by atoms with Crippen LogP contribution in [0.4, 0.5) is 0 Å². The number of likely N-dealkylation sites (N-methyl/N-ethyl adjacent to an activating group) is 1. The zero-order valence-electron chi connectivity index (χ0n) is 41.2. The lowest BCUT2D eigenvalue weighted by Gasteiger charge is -2.34. The summed E-state index contributed by atoms with van der Waals surface area (Å²) in [5.41, 5.74) is 0. The minimum atomic E-state index is -1.13. The van der Waals surface area contributed by atoms with Crippen LogP contribution >= 0.6 is 0 Å². The Morgan fingerprint density at radius 2 is 0.889 bits per heavy atom. The molecule has 0 heterocycles. The number of allylic oxidation sites excluding steroid dienone is 12. The summed E-state index contributed by atoms with van der Waals surface area (Å²) in [6, 6.07) is -0.735. The van der Waals surface area contributed by atoms with E-state index in [-0.39, 0.29) is 42.7 Å². The van der Waals surface area contributed by atoms with Gasteiger partial charge in [-0.05, 0) is 83.5 Å². The number of rotatable bonds is 45. The van der Waals surface area contributed by atoms with Crippen molar-refractivity contribution in [3.05, 3.63) is 72.9 Å². The van der Waals surface area contributed by atoms with Crippen LogP contribution in [0.1, 0.15) is 206 Å². The van der Waals surface area contributed by atoms with E-state index < -0.39 is 18.1 Å². The van der Waals surface area contributed by atoms with Crippen LogP contribution in [-0.4, -0.2) is 75.5 Å². The maximum Gasteiger partial charge on any atom is 0.306 e. The minimum Gasteiger partial charge on any atom is -0.544 e. The Bertz CT molecular complexity index is 1260. The Morgan fingerprint density at radius 3 is 1.35 bits per heavy atom. The highest BCUT2D eigenvalue weighted by Crippen LogP contribution is 2.14. The largest absolute Gasteiger partial charge is 0.544 e. The van der Waals surface area contributed by atoms with Gasteiger partial charge in [0.2, 0.25) is 0 Å². The van der Waals surface area contributed by atoms with Crippen LogP contribution < -0.4 is 5.11 Å². The fourth-order valence-electron chi connectivity index (χ4n) is 7.15. The Morgan fingerprint density at radius 1 is 0.492 bits per heavy atom. The normalized spacial score (nSPS) is 13.5. The van der Waals surface area contributed by atoms with Gasteiger partial charge in [-0.15, -0.1) is 0 Å². The molecule has 0 radical (unpaired) electrons. The van der Waals surface area contributed by atoms with Crippen molar-refractivity contribution in [3.63, 3.8) is 0 Å². The van der Waals surface area contributed by atoms with E-state index in [1.54, 1.807) is 21.1 Å². The standard InChI is InChI=1S/C55H95NO7/c1-6-8-10-12-14-16-18-20-22-24-26-28-30-32-34-36-38-40-42-44-46-54(58)63-51(49-61-48-47-52(55(59)60)56(3,4)5)50-62-53(57)45-43-41-39-37-35-33-31-29-27-25-23-21-19-17-15-13-11-9-7-2/h9,11,15,17,21,23,26-29,33,35,51-52H,6-8,10,12-14,16,18-20,22,24-25,30-32,34,36-50H2,1-5H3/b11-9+,17-15+,23-21+,28-26+,29-27+,35-33+. The Labute approximate surface area is 387 Å². The second-order valence-electron chi connectivity index (χ2n) is 18.0. The first kappa shape index (κ1) is 59.8. The molecule has 0 saturated heterocycles. The van der Waals surface area contributed by atoms with Gasteiger partial charge in [0.05, 0.1) is 40.3 Å². The molecular formula is C55H95NO7. The molecule has 8 heteroatoms. The van der Waals surface area contributed by atoms with Crippen molar-refractivity contribution in [2.24, 2.45) is 0 Å². The smallest absolute Gasteiger partial charge is 0.306 e. The molecule has 0 N–H and O–H groups in total. The van der Waals surface area contributed by atoms with Crippen molar-refractivity contribution in [3.8, 4) is 0 Å². The van der Waals surface area contributed by atoms with Crippen molar-refractivity contribution < 1.29 is 38.2 Å². The predicted molar refractivity (Wildman–Crippen MR) is 263 cm³/mol. The lowest BCUT2D eigenvalue weighted by Crippen LogP contribution is -2.55. The molecular weight excluding hydrogens is 787 g/mol. The van der Waals surface area contributed by atoms with Crippen LogP contribution in [0.5, 0.6) is 0 Å². The predicted octanol–water partition coefficient (Wildman–Crippen LogP) is 13.4. The average molecular weight is 882 g/mol. The third-order valence-corrected chi connectivity index (χ3v) is 11.1. The van der Waals surface area contributed by atoms with Gasteiger partial charge in [0.15, 0.2) is 6.10 Å². The molecule has 0 fully saturated rings. The first-order chi connectivity index (χ1) is 30.6. The summed E-state index contributed by atoms with van der Waals surface area (Å²) in [5.74, 6) is -1.78. The van der Waals surface area contributed by atoms with E-state index >= 15 is 0 Å². The number of esters is 2. The Kier molecular flexibility index (Phi) is 43.0. The molecule has 362 valence electrons. The van der Waals surface area contributed by atoms with Gasteiger partial charge in [-0.25, -0.2) is 0 Å². The fourth-order valence-corrected chi connectivity index (χ4v) is 7.15. The molecule has 0 aromatic rings. The molecule has 0 saturated carbocycles. The molecule has 0 amide bonds. The van der Waals surface area contributed by atoms with Crippen LogP contribution in [0.25, 0.3) is 0 Å². The van der Waals surface area contributed by atoms with E-state index in [4.69, 9.17) is 14.2 Å². The first-order valence-electron chi connectivity index (χ1n) is 25.5. The van der Waals surface area contributed by atoms with Crippen molar-refractivity contribution in [2.45, 2.75) is 219 Å². The molecule has 0 aliphatic carbocycles. The zero-order chi connectivity index (χ0) is 46.3. The van der Waals surface area contributed by atoms with E-state index in [1.165, 1.54) is 96.3 Å². The molecule has 2 atom stereocenters. The van der Waals surface area contributed by atoms with Gasteiger partial charge in [0, 0.05) is 19.3 Å². The van der Waals surface area contributed by atoms with Crippen LogP contribution in [0.2, 0.25) is 0 Å². The highest BCUT2D eigenvalue weighted by Gasteiger charge is 2.25. The van der Waals surface area contributed by atoms with Gasteiger partial charge in [0.1, 0.15) is 12.6 Å². The molecule has 0 spiro atoms. The topological polar surface area (TPSA) is 102 Å². The van der Waals surface area contributed by atoms with Gasteiger partial charge in [-0.2, -0.15) is 0 Å². The summed E-state index contributed by atoms with van der Waals surface area (Å²) in [7, 11) is 5.40. The lowest BCUT2D eigenvalue weighted by molar-refractivity contribution is -0.889. The van der Waals surface area contributed by atoms with Crippen molar-refractivity contribution in [1.82, 2.24) is 0 Å². The number of carbonyl (C=O) groups is 3. The second kappa shape index (κ2) is 45.3. The van der Waals surface area contributed by atoms with E-state index in [0.29, 0.717) is 12.8 Å². The molecule has 0 aliphatic rings. The molecule has 0 bridgehead atoms. The SMILES string of the molecule is CC/C=C/C/C=C/C/C=C/C/C=C/C/C=C/CCCCCC(=O)OCC(COCCC(C(=O)[O-])[N+](C)(C)C)OC(=O)CCCCCCCCC/C=C/CCCCCCCCCCC. The number of quaternary nitrogens is 1. The monoisotopic (exact) mass is 882 g/mol. The fraction of sp³-hybridized carbons (Fsp3) is 0.727. The molecule has 0 aromatic carbocycles. The average Bonchev–Trinajstić information content (AvgIpc) is 3.24. The van der Waals surface area contributed by atoms with Crippen molar-refractivity contribution in [1.29, 1.82) is 0 Å². The maximum atomic E-state index is 12.8. The molecule has 2 unspecified atom stereocenters.